The van der Waals surface area contributed by atoms with Crippen molar-refractivity contribution < 1.29 is 4.79 Å². The van der Waals surface area contributed by atoms with E-state index >= 15 is 0 Å². The summed E-state index contributed by atoms with van der Waals surface area (Å²) in [7, 11) is 4.33. The number of anilines is 2. The Morgan fingerprint density at radius 3 is 2.15 bits per heavy atom. The summed E-state index contributed by atoms with van der Waals surface area (Å²) in [6, 6.07) is 3.99. The average molecular weight is 683 g/mol. The number of carbonyl (C=O) groups excluding carboxylic acids is 1. The number of hydrogen-bond donors (Lipinski definition) is 3. The van der Waals surface area contributed by atoms with Crippen LogP contribution in [0.5, 0.6) is 0 Å². The first-order valence-electron chi connectivity index (χ1n) is 13.9. The Morgan fingerprint density at radius 2 is 1.48 bits per heavy atom. The van der Waals surface area contributed by atoms with E-state index in [-0.39, 0.29) is 6.03 Å². The SMILES string of the molecule is CN1CCN(CCN2Cc3cc(Br)cnc3NC2=O)CC1.CN1CCN(CCNCc2cc(Br)cnc2N)CC1. The van der Waals surface area contributed by atoms with Crippen molar-refractivity contribution >= 4 is 49.5 Å². The summed E-state index contributed by atoms with van der Waals surface area (Å²) in [4.78, 5) is 32.0. The number of nitrogens with one attached hydrogen (secondary N) is 2. The van der Waals surface area contributed by atoms with Gasteiger partial charge in [0.2, 0.25) is 0 Å². The van der Waals surface area contributed by atoms with E-state index in [1.165, 1.54) is 26.2 Å². The molecule has 220 valence electrons. The van der Waals surface area contributed by atoms with Crippen molar-refractivity contribution in [2.24, 2.45) is 0 Å². The van der Waals surface area contributed by atoms with Crippen molar-refractivity contribution in [2.75, 3.05) is 104 Å². The molecule has 0 spiro atoms. The first-order valence-corrected chi connectivity index (χ1v) is 15.5. The number of amides is 2. The Labute approximate surface area is 254 Å². The third-order valence-corrected chi connectivity index (χ3v) is 8.44. The van der Waals surface area contributed by atoms with Gasteiger partial charge in [-0.2, -0.15) is 0 Å². The number of aromatic nitrogens is 2. The van der Waals surface area contributed by atoms with Gasteiger partial charge < -0.3 is 25.8 Å². The molecule has 3 aliphatic heterocycles. The Kier molecular flexibility index (Phi) is 12.0. The number of piperazine rings is 2. The average Bonchev–Trinajstić information content (AvgIpc) is 2.94. The highest BCUT2D eigenvalue weighted by atomic mass is 79.9. The number of urea groups is 1. The van der Waals surface area contributed by atoms with Crippen molar-refractivity contribution in [3.8, 4) is 0 Å². The van der Waals surface area contributed by atoms with Gasteiger partial charge in [-0.1, -0.05) is 0 Å². The predicted molar refractivity (Wildman–Crippen MR) is 167 cm³/mol. The molecule has 11 nitrogen and oxygen atoms in total. The van der Waals surface area contributed by atoms with Crippen LogP contribution >= 0.6 is 31.9 Å². The van der Waals surface area contributed by atoms with Crippen LogP contribution < -0.4 is 16.4 Å². The molecule has 2 fully saturated rings. The third kappa shape index (κ3) is 9.61. The van der Waals surface area contributed by atoms with Gasteiger partial charge in [-0.15, -0.1) is 0 Å². The van der Waals surface area contributed by atoms with E-state index in [0.29, 0.717) is 18.2 Å². The Morgan fingerprint density at radius 1 is 0.875 bits per heavy atom. The van der Waals surface area contributed by atoms with E-state index in [1.807, 2.05) is 17.0 Å². The first kappa shape index (κ1) is 31.1. The van der Waals surface area contributed by atoms with Crippen LogP contribution in [0.2, 0.25) is 0 Å². The summed E-state index contributed by atoms with van der Waals surface area (Å²) in [5.74, 6) is 1.29. The number of rotatable bonds is 8. The first-order chi connectivity index (χ1) is 19.3. The minimum atomic E-state index is -0.0496. The van der Waals surface area contributed by atoms with Crippen LogP contribution in [0.25, 0.3) is 0 Å². The van der Waals surface area contributed by atoms with Crippen LogP contribution in [0.4, 0.5) is 16.4 Å². The van der Waals surface area contributed by atoms with Crippen molar-refractivity contribution in [3.05, 3.63) is 44.6 Å². The van der Waals surface area contributed by atoms with Gasteiger partial charge in [0, 0.05) is 118 Å². The van der Waals surface area contributed by atoms with E-state index < -0.39 is 0 Å². The molecule has 2 aromatic heterocycles. The smallest absolute Gasteiger partial charge is 0.323 e. The molecule has 13 heteroatoms. The number of likely N-dealkylation sites (N-methyl/N-ethyl adjacent to an activating group) is 2. The zero-order chi connectivity index (χ0) is 28.5. The number of carbonyl (C=O) groups is 1. The maximum Gasteiger partial charge on any atom is 0.323 e. The number of pyridine rings is 2. The largest absolute Gasteiger partial charge is 0.383 e. The zero-order valence-electron chi connectivity index (χ0n) is 23.6. The molecule has 2 aromatic rings. The summed E-state index contributed by atoms with van der Waals surface area (Å²) in [5.41, 5.74) is 7.95. The van der Waals surface area contributed by atoms with E-state index in [1.54, 1.807) is 12.4 Å². The van der Waals surface area contributed by atoms with Gasteiger partial charge in [0.25, 0.3) is 0 Å². The molecule has 0 atom stereocenters. The van der Waals surface area contributed by atoms with E-state index in [2.05, 4.69) is 86.2 Å². The van der Waals surface area contributed by atoms with Gasteiger partial charge in [-0.25, -0.2) is 14.8 Å². The minimum Gasteiger partial charge on any atom is -0.383 e. The zero-order valence-corrected chi connectivity index (χ0v) is 26.8. The van der Waals surface area contributed by atoms with Crippen molar-refractivity contribution in [1.82, 2.24) is 39.8 Å². The molecule has 0 aliphatic carbocycles. The molecule has 2 saturated heterocycles. The number of fused-ring (bicyclic) bond motifs is 1. The highest BCUT2D eigenvalue weighted by molar-refractivity contribution is 9.10. The Bertz CT molecular complexity index is 1110. The summed E-state index contributed by atoms with van der Waals surface area (Å²) in [5, 5.41) is 6.29. The molecule has 0 saturated carbocycles. The van der Waals surface area contributed by atoms with Crippen LogP contribution in [-0.2, 0) is 13.1 Å². The lowest BCUT2D eigenvalue weighted by Gasteiger charge is -2.35. The fourth-order valence-electron chi connectivity index (χ4n) is 4.85. The van der Waals surface area contributed by atoms with Gasteiger partial charge in [0.05, 0.1) is 6.54 Å². The molecule has 0 aromatic carbocycles. The standard InChI is InChI=1S/C14H20BrN5O.C13H22BrN5/c1-18-2-4-19(5-3-18)6-7-20-10-11-8-12(15)9-16-13(11)17-14(20)21;1-18-4-6-19(7-5-18)3-2-16-9-11-8-12(14)10-17-13(11)15/h8-9H,2-7,10H2,1H3,(H,16,17,21);8,10,16H,2-7,9H2,1H3,(H2,15,17). The number of nitrogens with zero attached hydrogens (tertiary/aromatic N) is 7. The van der Waals surface area contributed by atoms with Crippen LogP contribution in [0, 0.1) is 0 Å². The maximum atomic E-state index is 12.1. The second-order valence-electron chi connectivity index (χ2n) is 10.7. The Hall–Kier alpha value is -1.87. The molecule has 0 unspecified atom stereocenters. The molecule has 3 aliphatic rings. The molecule has 5 rings (SSSR count). The molecule has 40 heavy (non-hydrogen) atoms. The lowest BCUT2D eigenvalue weighted by Crippen LogP contribution is -2.48. The molecule has 0 bridgehead atoms. The van der Waals surface area contributed by atoms with E-state index in [4.69, 9.17) is 5.73 Å². The van der Waals surface area contributed by atoms with Gasteiger partial charge in [0.1, 0.15) is 11.6 Å². The summed E-state index contributed by atoms with van der Waals surface area (Å²) >= 11 is 6.84. The maximum absolute atomic E-state index is 12.1. The molecular formula is C27H42Br2N10O. The summed E-state index contributed by atoms with van der Waals surface area (Å²) in [6.45, 7) is 14.2. The monoisotopic (exact) mass is 680 g/mol. The fraction of sp³-hybridized carbons (Fsp3) is 0.593. The summed E-state index contributed by atoms with van der Waals surface area (Å²) in [6.07, 6.45) is 3.43. The lowest BCUT2D eigenvalue weighted by molar-refractivity contribution is 0.138. The number of nitrogen functional groups attached to an aromatic ring is 1. The predicted octanol–water partition coefficient (Wildman–Crippen LogP) is 2.20. The van der Waals surface area contributed by atoms with Crippen molar-refractivity contribution in [1.29, 1.82) is 0 Å². The van der Waals surface area contributed by atoms with Gasteiger partial charge >= 0.3 is 6.03 Å². The van der Waals surface area contributed by atoms with Crippen LogP contribution in [0.15, 0.2) is 33.5 Å². The molecule has 5 heterocycles. The van der Waals surface area contributed by atoms with Crippen molar-refractivity contribution in [3.63, 3.8) is 0 Å². The quantitative estimate of drug-likeness (QED) is 0.362. The molecule has 2 amide bonds. The van der Waals surface area contributed by atoms with Crippen LogP contribution in [0.3, 0.4) is 0 Å². The normalized spacial score (nSPS) is 19.1. The highest BCUT2D eigenvalue weighted by Crippen LogP contribution is 2.24. The van der Waals surface area contributed by atoms with Gasteiger partial charge in [-0.05, 0) is 58.1 Å². The molecular weight excluding hydrogens is 640 g/mol. The molecule has 4 N–H and O–H groups in total. The highest BCUT2D eigenvalue weighted by Gasteiger charge is 2.24. The van der Waals surface area contributed by atoms with Gasteiger partial charge in [-0.3, -0.25) is 15.1 Å². The topological polar surface area (TPSA) is 109 Å². The van der Waals surface area contributed by atoms with Crippen molar-refractivity contribution in [2.45, 2.75) is 13.1 Å². The molecule has 0 radical (unpaired) electrons. The number of hydrogen-bond acceptors (Lipinski definition) is 9. The Balaban J connectivity index is 0.000000186. The number of halogens is 2. The minimum absolute atomic E-state index is 0.0496. The van der Waals surface area contributed by atoms with Crippen LogP contribution in [0.1, 0.15) is 11.1 Å². The number of nitrogens with two attached hydrogens (primary N) is 1. The fourth-order valence-corrected chi connectivity index (χ4v) is 5.61. The summed E-state index contributed by atoms with van der Waals surface area (Å²) < 4.78 is 1.91. The lowest BCUT2D eigenvalue weighted by atomic mass is 10.2. The van der Waals surface area contributed by atoms with Gasteiger partial charge in [0.15, 0.2) is 0 Å². The van der Waals surface area contributed by atoms with E-state index in [0.717, 1.165) is 79.0 Å². The van der Waals surface area contributed by atoms with E-state index in [9.17, 15) is 4.79 Å². The second-order valence-corrected chi connectivity index (χ2v) is 12.5. The third-order valence-electron chi connectivity index (χ3n) is 7.57. The second kappa shape index (κ2) is 15.4. The van der Waals surface area contributed by atoms with Crippen LogP contribution in [-0.4, -0.2) is 133 Å².